The lowest BCUT2D eigenvalue weighted by atomic mass is 10.2. The third-order valence-electron chi connectivity index (χ3n) is 4.58. The molecule has 1 amide bonds. The quantitative estimate of drug-likeness (QED) is 0.785. The molecule has 4 rings (SSSR count). The summed E-state index contributed by atoms with van der Waals surface area (Å²) in [5.74, 6) is -0.288. The summed E-state index contributed by atoms with van der Waals surface area (Å²) in [7, 11) is 0. The van der Waals surface area contributed by atoms with Gasteiger partial charge in [0.25, 0.3) is 11.5 Å². The zero-order chi connectivity index (χ0) is 17.6. The largest absolute Gasteiger partial charge is 0.300 e. The van der Waals surface area contributed by atoms with Crippen LogP contribution in [0.2, 0.25) is 0 Å². The second-order valence-electron chi connectivity index (χ2n) is 6.36. The Hall–Kier alpha value is -2.54. The van der Waals surface area contributed by atoms with Gasteiger partial charge in [0.2, 0.25) is 0 Å². The molecule has 2 aromatic heterocycles. The average Bonchev–Trinajstić information content (AvgIpc) is 3.20. The summed E-state index contributed by atoms with van der Waals surface area (Å²) < 4.78 is 2.30. The Labute approximate surface area is 148 Å². The molecule has 1 aromatic carbocycles. The first-order valence-corrected chi connectivity index (χ1v) is 9.13. The number of fused-ring (bicyclic) bond motifs is 2. The third-order valence-corrected chi connectivity index (χ3v) is 5.52. The average molecular weight is 354 g/mol. The molecule has 0 spiro atoms. The molecule has 0 saturated heterocycles. The van der Waals surface area contributed by atoms with Crippen molar-refractivity contribution in [3.05, 3.63) is 51.4 Å². The van der Waals surface area contributed by atoms with Crippen molar-refractivity contribution in [2.75, 3.05) is 5.32 Å². The fourth-order valence-corrected chi connectivity index (χ4v) is 4.10. The molecule has 1 atom stereocenters. The smallest absolute Gasteiger partial charge is 0.267 e. The van der Waals surface area contributed by atoms with Gasteiger partial charge in [-0.1, -0.05) is 23.5 Å². The summed E-state index contributed by atoms with van der Waals surface area (Å²) in [6.07, 6.45) is 2.77. The van der Waals surface area contributed by atoms with Gasteiger partial charge in [0.15, 0.2) is 5.13 Å². The number of thiazole rings is 1. The Morgan fingerprint density at radius 1 is 1.36 bits per heavy atom. The minimum absolute atomic E-state index is 0.233. The molecule has 0 radical (unpaired) electrons. The number of amides is 1. The number of hydrogen-bond acceptors (Lipinski definition) is 5. The van der Waals surface area contributed by atoms with Gasteiger partial charge >= 0.3 is 0 Å². The number of benzene rings is 1. The molecule has 3 aromatic rings. The standard InChI is InChI=1S/C18H18N4O2S/c1-10-5-3-8-14-16(10)19-18(25-14)20-17(24)11(2)22-15(23)9-12-6-4-7-13(12)21-22/h3,5,8-9,11H,4,6-7H2,1-2H3,(H,19,20,24). The van der Waals surface area contributed by atoms with Crippen LogP contribution in [0.25, 0.3) is 10.2 Å². The summed E-state index contributed by atoms with van der Waals surface area (Å²) in [4.78, 5) is 29.3. The predicted molar refractivity (Wildman–Crippen MR) is 98.2 cm³/mol. The second-order valence-corrected chi connectivity index (χ2v) is 7.39. The van der Waals surface area contributed by atoms with Crippen molar-refractivity contribution in [3.8, 4) is 0 Å². The highest BCUT2D eigenvalue weighted by Gasteiger charge is 2.22. The van der Waals surface area contributed by atoms with Crippen LogP contribution in [-0.4, -0.2) is 20.7 Å². The molecular weight excluding hydrogens is 336 g/mol. The number of carbonyl (C=O) groups excluding carboxylic acids is 1. The van der Waals surface area contributed by atoms with E-state index >= 15 is 0 Å². The monoisotopic (exact) mass is 354 g/mol. The number of anilines is 1. The van der Waals surface area contributed by atoms with Crippen LogP contribution in [0.3, 0.4) is 0 Å². The highest BCUT2D eigenvalue weighted by molar-refractivity contribution is 7.22. The zero-order valence-electron chi connectivity index (χ0n) is 14.1. The number of carbonyl (C=O) groups is 1. The van der Waals surface area contributed by atoms with Gasteiger partial charge in [0.05, 0.1) is 15.9 Å². The molecule has 1 unspecified atom stereocenters. The molecule has 7 heteroatoms. The molecule has 128 valence electrons. The number of aromatic nitrogens is 3. The SMILES string of the molecule is Cc1cccc2sc(NC(=O)C(C)n3nc4c(cc3=O)CCC4)nc12. The molecule has 0 aliphatic heterocycles. The first-order chi connectivity index (χ1) is 12.0. The maximum absolute atomic E-state index is 12.6. The third kappa shape index (κ3) is 2.84. The van der Waals surface area contributed by atoms with Gasteiger partial charge in [-0.2, -0.15) is 5.10 Å². The highest BCUT2D eigenvalue weighted by Crippen LogP contribution is 2.28. The Bertz CT molecular complexity index is 1040. The van der Waals surface area contributed by atoms with E-state index in [4.69, 9.17) is 0 Å². The normalized spacial score (nSPS) is 14.5. The lowest BCUT2D eigenvalue weighted by Crippen LogP contribution is -2.33. The molecule has 0 bridgehead atoms. The van der Waals surface area contributed by atoms with Crippen molar-refractivity contribution >= 4 is 32.6 Å². The second kappa shape index (κ2) is 6.07. The molecule has 1 aliphatic carbocycles. The highest BCUT2D eigenvalue weighted by atomic mass is 32.1. The lowest BCUT2D eigenvalue weighted by Gasteiger charge is -2.14. The van der Waals surface area contributed by atoms with Crippen molar-refractivity contribution in [1.82, 2.24) is 14.8 Å². The van der Waals surface area contributed by atoms with Gasteiger partial charge in [0, 0.05) is 6.07 Å². The fraction of sp³-hybridized carbons (Fsp3) is 0.333. The van der Waals surface area contributed by atoms with Crippen LogP contribution in [0.4, 0.5) is 5.13 Å². The maximum Gasteiger partial charge on any atom is 0.267 e. The summed E-state index contributed by atoms with van der Waals surface area (Å²) in [6.45, 7) is 3.67. The summed E-state index contributed by atoms with van der Waals surface area (Å²) in [5.41, 5.74) is 3.66. The number of para-hydroxylation sites is 1. The number of nitrogens with zero attached hydrogens (tertiary/aromatic N) is 3. The Balaban J connectivity index is 1.60. The first-order valence-electron chi connectivity index (χ1n) is 8.31. The van der Waals surface area contributed by atoms with Crippen LogP contribution in [0.1, 0.15) is 36.2 Å². The predicted octanol–water partition coefficient (Wildman–Crippen LogP) is 2.85. The number of hydrogen-bond donors (Lipinski definition) is 1. The lowest BCUT2D eigenvalue weighted by molar-refractivity contribution is -0.119. The molecule has 1 N–H and O–H groups in total. The van der Waals surface area contributed by atoms with E-state index in [1.807, 2.05) is 25.1 Å². The van der Waals surface area contributed by atoms with E-state index < -0.39 is 6.04 Å². The molecule has 1 aliphatic rings. The zero-order valence-corrected chi connectivity index (χ0v) is 14.9. The van der Waals surface area contributed by atoms with Gasteiger partial charge in [0.1, 0.15) is 6.04 Å². The van der Waals surface area contributed by atoms with E-state index in [0.29, 0.717) is 5.13 Å². The van der Waals surface area contributed by atoms with Crippen LogP contribution < -0.4 is 10.9 Å². The molecule has 6 nitrogen and oxygen atoms in total. The Morgan fingerprint density at radius 2 is 2.20 bits per heavy atom. The van der Waals surface area contributed by atoms with Crippen LogP contribution in [0, 0.1) is 6.92 Å². The van der Waals surface area contributed by atoms with Crippen LogP contribution in [0.15, 0.2) is 29.1 Å². The number of rotatable bonds is 3. The Kier molecular flexibility index (Phi) is 3.88. The van der Waals surface area contributed by atoms with Crippen LogP contribution >= 0.6 is 11.3 Å². The van der Waals surface area contributed by atoms with Gasteiger partial charge < -0.3 is 5.32 Å². The van der Waals surface area contributed by atoms with E-state index in [2.05, 4.69) is 15.4 Å². The summed E-state index contributed by atoms with van der Waals surface area (Å²) >= 11 is 1.43. The van der Waals surface area contributed by atoms with Gasteiger partial charge in [-0.25, -0.2) is 9.67 Å². The molecule has 2 heterocycles. The maximum atomic E-state index is 12.6. The molecule has 25 heavy (non-hydrogen) atoms. The van der Waals surface area contributed by atoms with Crippen molar-refractivity contribution in [3.63, 3.8) is 0 Å². The molecule has 0 fully saturated rings. The van der Waals surface area contributed by atoms with E-state index in [1.54, 1.807) is 13.0 Å². The summed E-state index contributed by atoms with van der Waals surface area (Å²) in [5, 5.41) is 7.76. The molecular formula is C18H18N4O2S. The van der Waals surface area contributed by atoms with E-state index in [9.17, 15) is 9.59 Å². The first kappa shape index (κ1) is 16.0. The fourth-order valence-electron chi connectivity index (χ4n) is 3.15. The van der Waals surface area contributed by atoms with Gasteiger partial charge in [-0.15, -0.1) is 0 Å². The van der Waals surface area contributed by atoms with Crippen molar-refractivity contribution < 1.29 is 4.79 Å². The minimum Gasteiger partial charge on any atom is -0.300 e. The van der Waals surface area contributed by atoms with Crippen molar-refractivity contribution in [2.45, 2.75) is 39.2 Å². The Morgan fingerprint density at radius 3 is 3.00 bits per heavy atom. The van der Waals surface area contributed by atoms with Crippen molar-refractivity contribution in [1.29, 1.82) is 0 Å². The van der Waals surface area contributed by atoms with Crippen molar-refractivity contribution in [2.24, 2.45) is 0 Å². The van der Waals surface area contributed by atoms with E-state index in [1.165, 1.54) is 16.0 Å². The number of aryl methyl sites for hydroxylation is 3. The summed E-state index contributed by atoms with van der Waals surface area (Å²) in [6, 6.07) is 6.86. The van der Waals surface area contributed by atoms with E-state index in [-0.39, 0.29) is 11.5 Å². The van der Waals surface area contributed by atoms with Gasteiger partial charge in [-0.3, -0.25) is 9.59 Å². The van der Waals surface area contributed by atoms with E-state index in [0.717, 1.165) is 46.3 Å². The van der Waals surface area contributed by atoms with Crippen LogP contribution in [0.5, 0.6) is 0 Å². The molecule has 0 saturated carbocycles. The number of nitrogens with one attached hydrogen (secondary N) is 1. The topological polar surface area (TPSA) is 76.9 Å². The van der Waals surface area contributed by atoms with Gasteiger partial charge in [-0.05, 0) is 50.3 Å². The van der Waals surface area contributed by atoms with Crippen LogP contribution in [-0.2, 0) is 17.6 Å². The minimum atomic E-state index is -0.688.